The zero-order valence-electron chi connectivity index (χ0n) is 12.1. The molecule has 1 heterocycles. The van der Waals surface area contributed by atoms with Crippen molar-refractivity contribution in [3.8, 4) is 0 Å². The number of rotatable bonds is 6. The van der Waals surface area contributed by atoms with Gasteiger partial charge in [-0.3, -0.25) is 9.69 Å². The van der Waals surface area contributed by atoms with Crippen LogP contribution >= 0.6 is 11.6 Å². The molecular formula is C16H21ClN2O2. The van der Waals surface area contributed by atoms with Crippen LogP contribution in [0.2, 0.25) is 5.02 Å². The normalized spacial score (nSPS) is 16.2. The number of amides is 1. The molecule has 0 aromatic heterocycles. The van der Waals surface area contributed by atoms with E-state index in [0.29, 0.717) is 11.6 Å². The van der Waals surface area contributed by atoms with Crippen LogP contribution in [0.3, 0.4) is 0 Å². The largest absolute Gasteiger partial charge is 0.379 e. The van der Waals surface area contributed by atoms with Crippen LogP contribution in [0.1, 0.15) is 12.0 Å². The molecule has 1 aliphatic heterocycles. The van der Waals surface area contributed by atoms with E-state index in [1.54, 1.807) is 12.2 Å². The van der Waals surface area contributed by atoms with E-state index in [4.69, 9.17) is 16.3 Å². The number of hydrogen-bond donors (Lipinski definition) is 1. The summed E-state index contributed by atoms with van der Waals surface area (Å²) in [4.78, 5) is 14.0. The van der Waals surface area contributed by atoms with E-state index in [1.165, 1.54) is 0 Å². The Kier molecular flexibility index (Phi) is 6.73. The summed E-state index contributed by atoms with van der Waals surface area (Å²) in [6.07, 6.45) is 4.30. The fourth-order valence-electron chi connectivity index (χ4n) is 2.14. The molecule has 1 fully saturated rings. The lowest BCUT2D eigenvalue weighted by atomic mass is 10.2. The Balaban J connectivity index is 1.61. The predicted octanol–water partition coefficient (Wildman–Crippen LogP) is 2.19. The first-order valence-corrected chi connectivity index (χ1v) is 7.63. The lowest BCUT2D eigenvalue weighted by molar-refractivity contribution is -0.116. The SMILES string of the molecule is O=C(/C=C/c1ccc(Cl)cc1)NCCCN1CCOCC1. The smallest absolute Gasteiger partial charge is 0.243 e. The van der Waals surface area contributed by atoms with Crippen molar-refractivity contribution < 1.29 is 9.53 Å². The van der Waals surface area contributed by atoms with Crippen LogP contribution in [0.15, 0.2) is 30.3 Å². The van der Waals surface area contributed by atoms with Crippen molar-refractivity contribution in [2.24, 2.45) is 0 Å². The number of ether oxygens (including phenoxy) is 1. The van der Waals surface area contributed by atoms with Crippen LogP contribution in [0, 0.1) is 0 Å². The highest BCUT2D eigenvalue weighted by Gasteiger charge is 2.09. The summed E-state index contributed by atoms with van der Waals surface area (Å²) >= 11 is 5.81. The molecule has 114 valence electrons. The van der Waals surface area contributed by atoms with Crippen LogP contribution in [0.5, 0.6) is 0 Å². The topological polar surface area (TPSA) is 41.6 Å². The van der Waals surface area contributed by atoms with Crippen molar-refractivity contribution in [1.82, 2.24) is 10.2 Å². The van der Waals surface area contributed by atoms with Crippen LogP contribution in [0.4, 0.5) is 0 Å². The van der Waals surface area contributed by atoms with Gasteiger partial charge in [0, 0.05) is 30.7 Å². The van der Waals surface area contributed by atoms with Crippen molar-refractivity contribution in [2.75, 3.05) is 39.4 Å². The number of carbonyl (C=O) groups excluding carboxylic acids is 1. The fraction of sp³-hybridized carbons (Fsp3) is 0.438. The van der Waals surface area contributed by atoms with Gasteiger partial charge < -0.3 is 10.1 Å². The van der Waals surface area contributed by atoms with Gasteiger partial charge in [-0.05, 0) is 36.7 Å². The fourth-order valence-corrected chi connectivity index (χ4v) is 2.27. The molecule has 2 rings (SSSR count). The van der Waals surface area contributed by atoms with Crippen LogP contribution in [-0.2, 0) is 9.53 Å². The zero-order valence-corrected chi connectivity index (χ0v) is 12.8. The van der Waals surface area contributed by atoms with Crippen LogP contribution in [0.25, 0.3) is 6.08 Å². The van der Waals surface area contributed by atoms with Crippen molar-refractivity contribution in [1.29, 1.82) is 0 Å². The van der Waals surface area contributed by atoms with E-state index in [9.17, 15) is 4.79 Å². The highest BCUT2D eigenvalue weighted by molar-refractivity contribution is 6.30. The van der Waals surface area contributed by atoms with Gasteiger partial charge in [-0.2, -0.15) is 0 Å². The maximum absolute atomic E-state index is 11.7. The van der Waals surface area contributed by atoms with Gasteiger partial charge in [0.2, 0.25) is 5.91 Å². The highest BCUT2D eigenvalue weighted by atomic mass is 35.5. The molecule has 0 bridgehead atoms. The first-order valence-electron chi connectivity index (χ1n) is 7.25. The Morgan fingerprint density at radius 1 is 1.29 bits per heavy atom. The van der Waals surface area contributed by atoms with Crippen molar-refractivity contribution in [3.63, 3.8) is 0 Å². The van der Waals surface area contributed by atoms with Gasteiger partial charge in [0.05, 0.1) is 13.2 Å². The van der Waals surface area contributed by atoms with Crippen molar-refractivity contribution in [3.05, 3.63) is 40.9 Å². The molecule has 1 aromatic carbocycles. The summed E-state index contributed by atoms with van der Waals surface area (Å²) in [6, 6.07) is 7.37. The molecule has 21 heavy (non-hydrogen) atoms. The highest BCUT2D eigenvalue weighted by Crippen LogP contribution is 2.10. The summed E-state index contributed by atoms with van der Waals surface area (Å²) in [7, 11) is 0. The Morgan fingerprint density at radius 3 is 2.71 bits per heavy atom. The second-order valence-electron chi connectivity index (χ2n) is 4.98. The predicted molar refractivity (Wildman–Crippen MR) is 85.4 cm³/mol. The van der Waals surface area contributed by atoms with E-state index in [1.807, 2.05) is 24.3 Å². The molecule has 1 saturated heterocycles. The molecule has 0 unspecified atom stereocenters. The maximum atomic E-state index is 11.7. The van der Waals surface area contributed by atoms with E-state index < -0.39 is 0 Å². The van der Waals surface area contributed by atoms with E-state index in [-0.39, 0.29) is 5.91 Å². The number of hydrogen-bond acceptors (Lipinski definition) is 3. The molecule has 0 aliphatic carbocycles. The lowest BCUT2D eigenvalue weighted by Gasteiger charge is -2.26. The van der Waals surface area contributed by atoms with E-state index in [0.717, 1.165) is 44.8 Å². The quantitative estimate of drug-likeness (QED) is 0.647. The monoisotopic (exact) mass is 308 g/mol. The van der Waals surface area contributed by atoms with Crippen LogP contribution in [-0.4, -0.2) is 50.2 Å². The third kappa shape index (κ3) is 6.29. The third-order valence-corrected chi connectivity index (χ3v) is 3.60. The summed E-state index contributed by atoms with van der Waals surface area (Å²) in [6.45, 7) is 5.31. The number of morpholine rings is 1. The number of carbonyl (C=O) groups is 1. The van der Waals surface area contributed by atoms with Gasteiger partial charge in [-0.15, -0.1) is 0 Å². The summed E-state index contributed by atoms with van der Waals surface area (Å²) in [5.74, 6) is -0.0630. The van der Waals surface area contributed by atoms with Crippen molar-refractivity contribution >= 4 is 23.6 Å². The molecule has 1 amide bonds. The molecule has 0 spiro atoms. The van der Waals surface area contributed by atoms with Gasteiger partial charge >= 0.3 is 0 Å². The van der Waals surface area contributed by atoms with Gasteiger partial charge in [0.15, 0.2) is 0 Å². The number of nitrogens with one attached hydrogen (secondary N) is 1. The van der Waals surface area contributed by atoms with Crippen LogP contribution < -0.4 is 5.32 Å². The van der Waals surface area contributed by atoms with E-state index >= 15 is 0 Å². The van der Waals surface area contributed by atoms with Gasteiger partial charge in [-0.25, -0.2) is 0 Å². The first-order chi connectivity index (χ1) is 10.2. The molecule has 1 aromatic rings. The molecule has 1 N–H and O–H groups in total. The minimum absolute atomic E-state index is 0.0630. The summed E-state index contributed by atoms with van der Waals surface area (Å²) in [5.41, 5.74) is 0.961. The Bertz CT molecular complexity index is 468. The molecular weight excluding hydrogens is 288 g/mol. The standard InChI is InChI=1S/C16H21ClN2O2/c17-15-5-2-14(3-6-15)4-7-16(20)18-8-1-9-19-10-12-21-13-11-19/h2-7H,1,8-13H2,(H,18,20)/b7-4+. The molecule has 1 aliphatic rings. The number of benzene rings is 1. The van der Waals surface area contributed by atoms with Crippen molar-refractivity contribution in [2.45, 2.75) is 6.42 Å². The van der Waals surface area contributed by atoms with Gasteiger partial charge in [0.25, 0.3) is 0 Å². The van der Waals surface area contributed by atoms with E-state index in [2.05, 4.69) is 10.2 Å². The number of halogens is 1. The average Bonchev–Trinajstić information content (AvgIpc) is 2.52. The lowest BCUT2D eigenvalue weighted by Crippen LogP contribution is -2.38. The Morgan fingerprint density at radius 2 is 2.00 bits per heavy atom. The minimum atomic E-state index is -0.0630. The molecule has 0 saturated carbocycles. The maximum Gasteiger partial charge on any atom is 0.243 e. The zero-order chi connectivity index (χ0) is 14.9. The minimum Gasteiger partial charge on any atom is -0.379 e. The number of nitrogens with zero attached hydrogens (tertiary/aromatic N) is 1. The summed E-state index contributed by atoms with van der Waals surface area (Å²) in [5, 5.41) is 3.59. The molecule has 5 heteroatoms. The Hall–Kier alpha value is -1.36. The second-order valence-corrected chi connectivity index (χ2v) is 5.42. The summed E-state index contributed by atoms with van der Waals surface area (Å²) < 4.78 is 5.30. The Labute approximate surface area is 130 Å². The second kappa shape index (κ2) is 8.82. The molecule has 4 nitrogen and oxygen atoms in total. The molecule has 0 radical (unpaired) electrons. The first kappa shape index (κ1) is 16.0. The average molecular weight is 309 g/mol. The third-order valence-electron chi connectivity index (χ3n) is 3.35. The molecule has 0 atom stereocenters. The van der Waals surface area contributed by atoms with Gasteiger partial charge in [-0.1, -0.05) is 23.7 Å². The van der Waals surface area contributed by atoms with Gasteiger partial charge in [0.1, 0.15) is 0 Å².